The van der Waals surface area contributed by atoms with E-state index in [-0.39, 0.29) is 18.4 Å². The molecule has 1 aromatic carbocycles. The van der Waals surface area contributed by atoms with Gasteiger partial charge < -0.3 is 15.3 Å². The molecular weight excluding hydrogens is 340 g/mol. The minimum Gasteiger partial charge on any atom is -0.395 e. The molecule has 2 N–H and O–H groups in total. The lowest BCUT2D eigenvalue weighted by Gasteiger charge is -2.33. The molecule has 1 aliphatic heterocycles. The molecule has 2 aliphatic rings. The Morgan fingerprint density at radius 3 is 2.67 bits per heavy atom. The van der Waals surface area contributed by atoms with Gasteiger partial charge in [0.05, 0.1) is 6.61 Å². The van der Waals surface area contributed by atoms with Crippen molar-refractivity contribution in [3.05, 3.63) is 41.6 Å². The molecule has 142 valence electrons. The van der Waals surface area contributed by atoms with Gasteiger partial charge in [0.2, 0.25) is 5.91 Å². The molecule has 1 aliphatic carbocycles. The Morgan fingerprint density at radius 2 is 1.93 bits per heavy atom. The number of carbonyl (C=O) groups excluding carboxylic acids is 1. The number of aryl methyl sites for hydroxylation is 1. The zero-order chi connectivity index (χ0) is 18.6. The SMILES string of the molecule is O=C(NCCO)C1CCN(c2nc(-c3ccccc3)nc3c2CCC3)CC1. The maximum atomic E-state index is 12.2. The van der Waals surface area contributed by atoms with E-state index in [9.17, 15) is 4.79 Å². The van der Waals surface area contributed by atoms with Gasteiger partial charge in [-0.15, -0.1) is 0 Å². The predicted octanol–water partition coefficient (Wildman–Crippen LogP) is 1.96. The van der Waals surface area contributed by atoms with Gasteiger partial charge in [-0.3, -0.25) is 4.79 Å². The summed E-state index contributed by atoms with van der Waals surface area (Å²) in [6.45, 7) is 1.97. The van der Waals surface area contributed by atoms with Gasteiger partial charge in [0, 0.05) is 42.4 Å². The van der Waals surface area contributed by atoms with Crippen molar-refractivity contribution in [3.8, 4) is 11.4 Å². The summed E-state index contributed by atoms with van der Waals surface area (Å²) < 4.78 is 0. The van der Waals surface area contributed by atoms with Crippen molar-refractivity contribution in [2.75, 3.05) is 31.1 Å². The number of hydrogen-bond donors (Lipinski definition) is 2. The van der Waals surface area contributed by atoms with E-state index in [0.29, 0.717) is 6.54 Å². The summed E-state index contributed by atoms with van der Waals surface area (Å²) in [5.74, 6) is 1.94. The predicted molar refractivity (Wildman–Crippen MR) is 105 cm³/mol. The number of aliphatic hydroxyl groups is 1. The molecule has 2 heterocycles. The van der Waals surface area contributed by atoms with Crippen LogP contribution in [0.4, 0.5) is 5.82 Å². The van der Waals surface area contributed by atoms with Crippen LogP contribution < -0.4 is 10.2 Å². The smallest absolute Gasteiger partial charge is 0.223 e. The number of fused-ring (bicyclic) bond motifs is 1. The van der Waals surface area contributed by atoms with Crippen LogP contribution in [0.5, 0.6) is 0 Å². The third-order valence-corrected chi connectivity index (χ3v) is 5.52. The van der Waals surface area contributed by atoms with Crippen molar-refractivity contribution in [2.45, 2.75) is 32.1 Å². The van der Waals surface area contributed by atoms with E-state index in [0.717, 1.165) is 62.4 Å². The summed E-state index contributed by atoms with van der Waals surface area (Å²) >= 11 is 0. The third-order valence-electron chi connectivity index (χ3n) is 5.52. The number of aliphatic hydroxyl groups excluding tert-OH is 1. The number of hydrogen-bond acceptors (Lipinski definition) is 5. The monoisotopic (exact) mass is 366 g/mol. The second kappa shape index (κ2) is 8.05. The number of anilines is 1. The number of benzene rings is 1. The molecule has 0 bridgehead atoms. The van der Waals surface area contributed by atoms with Crippen LogP contribution in [0.2, 0.25) is 0 Å². The fourth-order valence-corrected chi connectivity index (χ4v) is 4.07. The Balaban J connectivity index is 1.54. The van der Waals surface area contributed by atoms with Crippen molar-refractivity contribution < 1.29 is 9.90 Å². The fourth-order valence-electron chi connectivity index (χ4n) is 4.07. The van der Waals surface area contributed by atoms with Crippen LogP contribution in [0.3, 0.4) is 0 Å². The zero-order valence-electron chi connectivity index (χ0n) is 15.5. The van der Waals surface area contributed by atoms with Crippen LogP contribution in [0, 0.1) is 5.92 Å². The Hall–Kier alpha value is -2.47. The van der Waals surface area contributed by atoms with E-state index >= 15 is 0 Å². The summed E-state index contributed by atoms with van der Waals surface area (Å²) in [4.78, 5) is 24.3. The van der Waals surface area contributed by atoms with Crippen LogP contribution in [-0.2, 0) is 17.6 Å². The molecule has 1 aromatic heterocycles. The first-order valence-electron chi connectivity index (χ1n) is 9.85. The number of carbonyl (C=O) groups is 1. The highest BCUT2D eigenvalue weighted by Crippen LogP contribution is 2.33. The largest absolute Gasteiger partial charge is 0.395 e. The Morgan fingerprint density at radius 1 is 1.15 bits per heavy atom. The van der Waals surface area contributed by atoms with Crippen LogP contribution in [0.15, 0.2) is 30.3 Å². The lowest BCUT2D eigenvalue weighted by molar-refractivity contribution is -0.125. The molecule has 1 fully saturated rings. The summed E-state index contributed by atoms with van der Waals surface area (Å²) in [7, 11) is 0. The van der Waals surface area contributed by atoms with Crippen molar-refractivity contribution >= 4 is 11.7 Å². The highest BCUT2D eigenvalue weighted by atomic mass is 16.3. The van der Waals surface area contributed by atoms with Gasteiger partial charge in [-0.25, -0.2) is 9.97 Å². The van der Waals surface area contributed by atoms with Gasteiger partial charge in [0.15, 0.2) is 5.82 Å². The summed E-state index contributed by atoms with van der Waals surface area (Å²) in [6, 6.07) is 10.1. The first-order valence-corrected chi connectivity index (χ1v) is 9.85. The standard InChI is InChI=1S/C21H26N4O2/c26-14-11-22-21(27)16-9-12-25(13-10-16)20-17-7-4-8-18(17)23-19(24-20)15-5-2-1-3-6-15/h1-3,5-6,16,26H,4,7-14H2,(H,22,27). The second-order valence-corrected chi connectivity index (χ2v) is 7.29. The van der Waals surface area contributed by atoms with Crippen molar-refractivity contribution in [1.82, 2.24) is 15.3 Å². The summed E-state index contributed by atoms with van der Waals surface area (Å²) in [6.07, 6.45) is 4.82. The Kier molecular flexibility index (Phi) is 5.34. The number of amides is 1. The van der Waals surface area contributed by atoms with E-state index in [1.165, 1.54) is 11.3 Å². The highest BCUT2D eigenvalue weighted by Gasteiger charge is 2.29. The minimum atomic E-state index is -0.0140. The molecule has 2 aromatic rings. The van der Waals surface area contributed by atoms with Gasteiger partial charge in [-0.05, 0) is 32.1 Å². The molecule has 0 spiro atoms. The number of nitrogens with zero attached hydrogens (tertiary/aromatic N) is 3. The van der Waals surface area contributed by atoms with Crippen LogP contribution >= 0.6 is 0 Å². The van der Waals surface area contributed by atoms with Crippen LogP contribution in [0.1, 0.15) is 30.5 Å². The summed E-state index contributed by atoms with van der Waals surface area (Å²) in [5.41, 5.74) is 3.52. The zero-order valence-corrected chi connectivity index (χ0v) is 15.5. The van der Waals surface area contributed by atoms with Gasteiger partial charge in [0.1, 0.15) is 5.82 Å². The number of aromatic nitrogens is 2. The fraction of sp³-hybridized carbons (Fsp3) is 0.476. The molecule has 1 amide bonds. The van der Waals surface area contributed by atoms with Crippen LogP contribution in [-0.4, -0.2) is 47.2 Å². The maximum Gasteiger partial charge on any atom is 0.223 e. The normalized spacial score (nSPS) is 17.0. The van der Waals surface area contributed by atoms with Crippen LogP contribution in [0.25, 0.3) is 11.4 Å². The number of piperidine rings is 1. The maximum absolute atomic E-state index is 12.2. The molecule has 0 unspecified atom stereocenters. The Labute approximate surface area is 159 Å². The summed E-state index contributed by atoms with van der Waals surface area (Å²) in [5, 5.41) is 11.7. The number of rotatable bonds is 5. The average Bonchev–Trinajstić information content (AvgIpc) is 3.21. The van der Waals surface area contributed by atoms with E-state index in [1.54, 1.807) is 0 Å². The first-order chi connectivity index (χ1) is 13.3. The minimum absolute atomic E-state index is 0.0140. The van der Waals surface area contributed by atoms with E-state index in [1.807, 2.05) is 18.2 Å². The third kappa shape index (κ3) is 3.81. The van der Waals surface area contributed by atoms with Gasteiger partial charge in [-0.1, -0.05) is 30.3 Å². The van der Waals surface area contributed by atoms with E-state index in [4.69, 9.17) is 15.1 Å². The molecule has 6 heteroatoms. The van der Waals surface area contributed by atoms with Crippen molar-refractivity contribution in [1.29, 1.82) is 0 Å². The topological polar surface area (TPSA) is 78.4 Å². The molecule has 1 saturated heterocycles. The lowest BCUT2D eigenvalue weighted by atomic mass is 9.95. The van der Waals surface area contributed by atoms with Crippen molar-refractivity contribution in [3.63, 3.8) is 0 Å². The molecular formula is C21H26N4O2. The average molecular weight is 366 g/mol. The van der Waals surface area contributed by atoms with Gasteiger partial charge >= 0.3 is 0 Å². The lowest BCUT2D eigenvalue weighted by Crippen LogP contribution is -2.41. The van der Waals surface area contributed by atoms with E-state index in [2.05, 4.69) is 22.3 Å². The molecule has 0 saturated carbocycles. The molecule has 4 rings (SSSR count). The van der Waals surface area contributed by atoms with Gasteiger partial charge in [-0.2, -0.15) is 0 Å². The first kappa shape index (κ1) is 17.9. The number of nitrogens with one attached hydrogen (secondary N) is 1. The van der Waals surface area contributed by atoms with Crippen molar-refractivity contribution in [2.24, 2.45) is 5.92 Å². The Bertz CT molecular complexity index is 801. The quantitative estimate of drug-likeness (QED) is 0.846. The molecule has 0 radical (unpaired) electrons. The highest BCUT2D eigenvalue weighted by molar-refractivity contribution is 5.79. The van der Waals surface area contributed by atoms with Gasteiger partial charge in [0.25, 0.3) is 0 Å². The molecule has 0 atom stereocenters. The second-order valence-electron chi connectivity index (χ2n) is 7.29. The molecule has 6 nitrogen and oxygen atoms in total. The molecule has 27 heavy (non-hydrogen) atoms. The van der Waals surface area contributed by atoms with E-state index < -0.39 is 0 Å².